The van der Waals surface area contributed by atoms with Crippen molar-refractivity contribution < 1.29 is 17.6 Å². The molecule has 33 heavy (non-hydrogen) atoms. The summed E-state index contributed by atoms with van der Waals surface area (Å²) < 4.78 is 32.0. The van der Waals surface area contributed by atoms with E-state index in [4.69, 9.17) is 4.42 Å². The van der Waals surface area contributed by atoms with Crippen LogP contribution in [0, 0.1) is 13.8 Å². The van der Waals surface area contributed by atoms with Crippen molar-refractivity contribution in [1.29, 1.82) is 0 Å². The second kappa shape index (κ2) is 9.30. The number of furan rings is 1. The maximum atomic E-state index is 12.8. The zero-order chi connectivity index (χ0) is 23.6. The van der Waals surface area contributed by atoms with Crippen LogP contribution in [0.3, 0.4) is 0 Å². The lowest BCUT2D eigenvalue weighted by Crippen LogP contribution is -2.26. The molecular formula is C24H23N3O4S2. The van der Waals surface area contributed by atoms with Crippen LogP contribution in [0.15, 0.2) is 75.6 Å². The smallest absolute Gasteiger partial charge is 0.257 e. The van der Waals surface area contributed by atoms with Crippen LogP contribution < -0.4 is 5.32 Å². The van der Waals surface area contributed by atoms with Crippen LogP contribution >= 0.6 is 11.3 Å². The van der Waals surface area contributed by atoms with Gasteiger partial charge in [0.15, 0.2) is 5.13 Å². The molecule has 2 heterocycles. The van der Waals surface area contributed by atoms with Crippen LogP contribution in [-0.4, -0.2) is 30.7 Å². The van der Waals surface area contributed by atoms with Crippen molar-refractivity contribution in [3.63, 3.8) is 0 Å². The average Bonchev–Trinajstić information content (AvgIpc) is 3.46. The van der Waals surface area contributed by atoms with E-state index in [1.807, 2.05) is 31.4 Å². The van der Waals surface area contributed by atoms with Gasteiger partial charge >= 0.3 is 0 Å². The molecule has 170 valence electrons. The Morgan fingerprint density at radius 2 is 1.88 bits per heavy atom. The number of nitrogens with zero attached hydrogens (tertiary/aromatic N) is 2. The number of anilines is 1. The van der Waals surface area contributed by atoms with Crippen molar-refractivity contribution in [2.24, 2.45) is 0 Å². The Bertz CT molecular complexity index is 1380. The first-order valence-corrected chi connectivity index (χ1v) is 12.5. The van der Waals surface area contributed by atoms with Crippen molar-refractivity contribution in [3.05, 3.63) is 88.7 Å². The molecule has 0 aliphatic carbocycles. The Labute approximate surface area is 196 Å². The topological polar surface area (TPSA) is 92.5 Å². The molecule has 4 rings (SSSR count). The molecule has 0 fully saturated rings. The van der Waals surface area contributed by atoms with Crippen molar-refractivity contribution in [1.82, 2.24) is 9.29 Å². The van der Waals surface area contributed by atoms with Gasteiger partial charge in [-0.1, -0.05) is 23.8 Å². The van der Waals surface area contributed by atoms with Gasteiger partial charge < -0.3 is 4.42 Å². The predicted molar refractivity (Wildman–Crippen MR) is 129 cm³/mol. The lowest BCUT2D eigenvalue weighted by molar-refractivity contribution is 0.102. The number of benzene rings is 2. The summed E-state index contributed by atoms with van der Waals surface area (Å²) in [5.41, 5.74) is 4.45. The van der Waals surface area contributed by atoms with E-state index < -0.39 is 10.0 Å². The minimum absolute atomic E-state index is 0.0967. The molecule has 0 aliphatic rings. The van der Waals surface area contributed by atoms with E-state index in [2.05, 4.69) is 16.4 Å². The van der Waals surface area contributed by atoms with Crippen LogP contribution in [0.1, 0.15) is 27.2 Å². The maximum absolute atomic E-state index is 12.8. The number of hydrogen-bond acceptors (Lipinski definition) is 6. The minimum atomic E-state index is -3.72. The number of nitrogens with one attached hydrogen (secondary N) is 1. The Hall–Kier alpha value is -3.27. The molecule has 0 aliphatic heterocycles. The summed E-state index contributed by atoms with van der Waals surface area (Å²) in [7, 11) is -2.24. The van der Waals surface area contributed by atoms with E-state index in [0.717, 1.165) is 16.8 Å². The van der Waals surface area contributed by atoms with Crippen molar-refractivity contribution in [2.45, 2.75) is 25.3 Å². The largest absolute Gasteiger partial charge is 0.468 e. The third-order valence-corrected chi connectivity index (χ3v) is 7.74. The number of aromatic nitrogens is 1. The average molecular weight is 482 g/mol. The number of aryl methyl sites for hydroxylation is 2. The third-order valence-electron chi connectivity index (χ3n) is 5.17. The van der Waals surface area contributed by atoms with Crippen LogP contribution in [0.25, 0.3) is 11.3 Å². The Balaban J connectivity index is 1.45. The molecule has 9 heteroatoms. The highest BCUT2D eigenvalue weighted by atomic mass is 32.2. The Kier molecular flexibility index (Phi) is 6.46. The second-order valence-electron chi connectivity index (χ2n) is 7.68. The zero-order valence-electron chi connectivity index (χ0n) is 18.4. The highest BCUT2D eigenvalue weighted by Crippen LogP contribution is 2.28. The highest BCUT2D eigenvalue weighted by Gasteiger charge is 2.22. The van der Waals surface area contributed by atoms with Crippen LogP contribution in [-0.2, 0) is 16.6 Å². The molecule has 4 aromatic rings. The Morgan fingerprint density at radius 1 is 1.12 bits per heavy atom. The number of carbonyl (C=O) groups excluding carboxylic acids is 1. The quantitative estimate of drug-likeness (QED) is 0.397. The molecular weight excluding hydrogens is 458 g/mol. The number of carbonyl (C=O) groups is 1. The monoisotopic (exact) mass is 481 g/mol. The second-order valence-corrected chi connectivity index (χ2v) is 10.6. The molecule has 7 nitrogen and oxygen atoms in total. The fraction of sp³-hybridized carbons (Fsp3) is 0.167. The lowest BCUT2D eigenvalue weighted by atomic mass is 10.0. The van der Waals surface area contributed by atoms with Gasteiger partial charge in [-0.25, -0.2) is 13.4 Å². The van der Waals surface area contributed by atoms with Crippen LogP contribution in [0.5, 0.6) is 0 Å². The summed E-state index contributed by atoms with van der Waals surface area (Å²) in [5.74, 6) is 0.185. The van der Waals surface area contributed by atoms with E-state index >= 15 is 0 Å². The molecule has 1 amide bonds. The zero-order valence-corrected chi connectivity index (χ0v) is 20.0. The first-order chi connectivity index (χ1) is 15.7. The van der Waals surface area contributed by atoms with E-state index in [9.17, 15) is 13.2 Å². The van der Waals surface area contributed by atoms with Crippen molar-refractivity contribution >= 4 is 32.4 Å². The van der Waals surface area contributed by atoms with E-state index in [1.54, 1.807) is 12.1 Å². The molecule has 0 radical (unpaired) electrons. The van der Waals surface area contributed by atoms with Gasteiger partial charge in [-0.3, -0.25) is 10.1 Å². The molecule has 0 saturated carbocycles. The molecule has 0 atom stereocenters. The summed E-state index contributed by atoms with van der Waals surface area (Å²) >= 11 is 1.34. The molecule has 0 unspecified atom stereocenters. The molecule has 0 saturated heterocycles. The summed E-state index contributed by atoms with van der Waals surface area (Å²) in [5, 5.41) is 5.16. The summed E-state index contributed by atoms with van der Waals surface area (Å²) in [6, 6.07) is 15.4. The normalized spacial score (nSPS) is 11.6. The number of rotatable bonds is 7. The predicted octanol–water partition coefficient (Wildman–Crippen LogP) is 5.09. The third kappa shape index (κ3) is 5.05. The lowest BCUT2D eigenvalue weighted by Gasteiger charge is -2.16. The minimum Gasteiger partial charge on any atom is -0.468 e. The molecule has 2 aromatic carbocycles. The summed E-state index contributed by atoms with van der Waals surface area (Å²) in [6.07, 6.45) is 1.50. The Morgan fingerprint density at radius 3 is 2.55 bits per heavy atom. The number of hydrogen-bond donors (Lipinski definition) is 1. The van der Waals surface area contributed by atoms with Gasteiger partial charge in [0.25, 0.3) is 5.91 Å². The number of thiazole rings is 1. The van der Waals surface area contributed by atoms with Gasteiger partial charge in [0.05, 0.1) is 23.4 Å². The van der Waals surface area contributed by atoms with Crippen LogP contribution in [0.2, 0.25) is 0 Å². The van der Waals surface area contributed by atoms with Crippen molar-refractivity contribution in [2.75, 3.05) is 12.4 Å². The molecule has 1 N–H and O–H groups in total. The van der Waals surface area contributed by atoms with Gasteiger partial charge in [0.1, 0.15) is 5.76 Å². The van der Waals surface area contributed by atoms with Gasteiger partial charge in [0.2, 0.25) is 10.0 Å². The standard InChI is InChI=1S/C24H23N3O4S2/c1-16-6-11-21(17(2)13-16)22-15-32-24(25-22)26-23(28)18-7-9-20(10-8-18)33(29,30)27(3)14-19-5-4-12-31-19/h4-13,15H,14H2,1-3H3,(H,25,26,28). The fourth-order valence-electron chi connectivity index (χ4n) is 3.39. The first-order valence-electron chi connectivity index (χ1n) is 10.2. The first kappa shape index (κ1) is 22.9. The molecule has 0 bridgehead atoms. The van der Waals surface area contributed by atoms with E-state index in [1.165, 1.54) is 58.8 Å². The van der Waals surface area contributed by atoms with Gasteiger partial charge in [0, 0.05) is 23.6 Å². The highest BCUT2D eigenvalue weighted by molar-refractivity contribution is 7.89. The number of sulfonamides is 1. The van der Waals surface area contributed by atoms with Gasteiger partial charge in [-0.2, -0.15) is 4.31 Å². The van der Waals surface area contributed by atoms with E-state index in [-0.39, 0.29) is 17.3 Å². The fourth-order valence-corrected chi connectivity index (χ4v) is 5.23. The maximum Gasteiger partial charge on any atom is 0.257 e. The SMILES string of the molecule is Cc1ccc(-c2csc(NC(=O)c3ccc(S(=O)(=O)N(C)Cc4ccco4)cc3)n2)c(C)c1. The van der Waals surface area contributed by atoms with Gasteiger partial charge in [-0.15, -0.1) is 11.3 Å². The number of amides is 1. The summed E-state index contributed by atoms with van der Waals surface area (Å²) in [6.45, 7) is 4.18. The van der Waals surface area contributed by atoms with Crippen LogP contribution in [0.4, 0.5) is 5.13 Å². The molecule has 0 spiro atoms. The molecule has 2 aromatic heterocycles. The van der Waals surface area contributed by atoms with Crippen molar-refractivity contribution in [3.8, 4) is 11.3 Å². The summed E-state index contributed by atoms with van der Waals surface area (Å²) in [4.78, 5) is 17.3. The van der Waals surface area contributed by atoms with Gasteiger partial charge in [-0.05, 0) is 55.8 Å². The van der Waals surface area contributed by atoms with E-state index in [0.29, 0.717) is 16.5 Å².